The highest BCUT2D eigenvalue weighted by Crippen LogP contribution is 2.24. The third-order valence-corrected chi connectivity index (χ3v) is 5.77. The molecule has 0 aromatic heterocycles. The molecule has 0 saturated heterocycles. The van der Waals surface area contributed by atoms with Crippen molar-refractivity contribution in [2.45, 2.75) is 97.3 Å². The third kappa shape index (κ3) is 8.41. The summed E-state index contributed by atoms with van der Waals surface area (Å²) in [6.07, 6.45) is 22.7. The van der Waals surface area contributed by atoms with E-state index in [0.29, 0.717) is 0 Å². The van der Waals surface area contributed by atoms with Crippen molar-refractivity contribution in [3.63, 3.8) is 0 Å². The SMILES string of the molecule is CCCCCCCCCCCCCCN1C=CN(c2ccccc2CC)C1. The summed E-state index contributed by atoms with van der Waals surface area (Å²) in [6, 6.07) is 8.79. The van der Waals surface area contributed by atoms with Crippen molar-refractivity contribution in [1.82, 2.24) is 4.90 Å². The molecule has 0 bridgehead atoms. The smallest absolute Gasteiger partial charge is 0.0941 e. The molecule has 0 radical (unpaired) electrons. The van der Waals surface area contributed by atoms with Gasteiger partial charge in [0.2, 0.25) is 0 Å². The molecule has 1 aliphatic rings. The Labute approximate surface area is 168 Å². The largest absolute Gasteiger partial charge is 0.358 e. The van der Waals surface area contributed by atoms with E-state index in [0.717, 1.165) is 13.1 Å². The van der Waals surface area contributed by atoms with Crippen molar-refractivity contribution in [3.05, 3.63) is 42.2 Å². The minimum Gasteiger partial charge on any atom is -0.358 e. The average molecular weight is 371 g/mol. The van der Waals surface area contributed by atoms with Gasteiger partial charge in [-0.2, -0.15) is 0 Å². The van der Waals surface area contributed by atoms with Gasteiger partial charge in [0, 0.05) is 24.6 Å². The monoisotopic (exact) mass is 370 g/mol. The summed E-state index contributed by atoms with van der Waals surface area (Å²) >= 11 is 0. The van der Waals surface area contributed by atoms with Crippen LogP contribution in [-0.4, -0.2) is 18.1 Å². The Kier molecular flexibility index (Phi) is 11.1. The normalized spacial score (nSPS) is 13.7. The predicted octanol–water partition coefficient (Wildman–Crippen LogP) is 7.50. The van der Waals surface area contributed by atoms with Crippen LogP contribution in [0.15, 0.2) is 36.7 Å². The minimum absolute atomic E-state index is 1.01. The molecule has 0 saturated carbocycles. The van der Waals surface area contributed by atoms with Crippen molar-refractivity contribution in [2.24, 2.45) is 0 Å². The fourth-order valence-electron chi connectivity index (χ4n) is 4.01. The molecule has 0 amide bonds. The number of rotatable bonds is 15. The van der Waals surface area contributed by atoms with Crippen molar-refractivity contribution in [3.8, 4) is 0 Å². The van der Waals surface area contributed by atoms with E-state index in [9.17, 15) is 0 Å². The number of hydrogen-bond donors (Lipinski definition) is 0. The maximum absolute atomic E-state index is 2.46. The number of aryl methyl sites for hydroxylation is 1. The van der Waals surface area contributed by atoms with Crippen LogP contribution in [0.1, 0.15) is 96.5 Å². The highest BCUT2D eigenvalue weighted by Gasteiger charge is 2.15. The van der Waals surface area contributed by atoms with Crippen LogP contribution in [0, 0.1) is 0 Å². The molecule has 2 heteroatoms. The molecule has 0 unspecified atom stereocenters. The van der Waals surface area contributed by atoms with Crippen molar-refractivity contribution >= 4 is 5.69 Å². The van der Waals surface area contributed by atoms with E-state index in [-0.39, 0.29) is 0 Å². The summed E-state index contributed by atoms with van der Waals surface area (Å²) in [6.45, 7) is 6.73. The first-order chi connectivity index (χ1) is 13.3. The topological polar surface area (TPSA) is 6.48 Å². The second-order valence-corrected chi connectivity index (χ2v) is 8.09. The highest BCUT2D eigenvalue weighted by atomic mass is 15.3. The van der Waals surface area contributed by atoms with Gasteiger partial charge in [0.15, 0.2) is 0 Å². The third-order valence-electron chi connectivity index (χ3n) is 5.77. The molecule has 27 heavy (non-hydrogen) atoms. The summed E-state index contributed by atoms with van der Waals surface area (Å²) < 4.78 is 0. The van der Waals surface area contributed by atoms with Gasteiger partial charge in [-0.15, -0.1) is 0 Å². The second kappa shape index (κ2) is 13.7. The van der Waals surface area contributed by atoms with Crippen molar-refractivity contribution in [2.75, 3.05) is 18.1 Å². The van der Waals surface area contributed by atoms with Gasteiger partial charge in [0.05, 0.1) is 6.67 Å². The van der Waals surface area contributed by atoms with Gasteiger partial charge in [0.25, 0.3) is 0 Å². The Hall–Kier alpha value is -1.44. The first kappa shape index (κ1) is 21.9. The molecule has 0 aliphatic carbocycles. The lowest BCUT2D eigenvalue weighted by Gasteiger charge is -2.23. The molecule has 0 spiro atoms. The van der Waals surface area contributed by atoms with Crippen LogP contribution < -0.4 is 4.90 Å². The van der Waals surface area contributed by atoms with E-state index in [2.05, 4.69) is 60.3 Å². The van der Waals surface area contributed by atoms with Gasteiger partial charge >= 0.3 is 0 Å². The molecule has 1 aliphatic heterocycles. The molecule has 152 valence electrons. The van der Waals surface area contributed by atoms with Gasteiger partial charge in [-0.1, -0.05) is 103 Å². The predicted molar refractivity (Wildman–Crippen MR) is 120 cm³/mol. The number of benzene rings is 1. The maximum atomic E-state index is 2.46. The summed E-state index contributed by atoms with van der Waals surface area (Å²) in [5.74, 6) is 0. The van der Waals surface area contributed by atoms with Crippen LogP contribution in [0.5, 0.6) is 0 Å². The van der Waals surface area contributed by atoms with Crippen LogP contribution in [0.2, 0.25) is 0 Å². The van der Waals surface area contributed by atoms with Crippen molar-refractivity contribution < 1.29 is 0 Å². The number of para-hydroxylation sites is 1. The highest BCUT2D eigenvalue weighted by molar-refractivity contribution is 5.56. The van der Waals surface area contributed by atoms with E-state index >= 15 is 0 Å². The zero-order valence-electron chi connectivity index (χ0n) is 18.0. The molecule has 1 aromatic carbocycles. The lowest BCUT2D eigenvalue weighted by molar-refractivity contribution is 0.387. The number of hydrogen-bond acceptors (Lipinski definition) is 2. The standard InChI is InChI=1S/C25H42N2/c1-3-5-6-7-8-9-10-11-12-13-14-17-20-26-21-22-27(23-26)25-19-16-15-18-24(25)4-2/h15-16,18-19,21-22H,3-14,17,20,23H2,1-2H3. The summed E-state index contributed by atoms with van der Waals surface area (Å²) in [5, 5.41) is 0. The van der Waals surface area contributed by atoms with E-state index in [1.165, 1.54) is 94.8 Å². The van der Waals surface area contributed by atoms with E-state index < -0.39 is 0 Å². The second-order valence-electron chi connectivity index (χ2n) is 8.09. The zero-order valence-corrected chi connectivity index (χ0v) is 18.0. The summed E-state index contributed by atoms with van der Waals surface area (Å²) in [7, 11) is 0. The van der Waals surface area contributed by atoms with Gasteiger partial charge < -0.3 is 9.80 Å². The van der Waals surface area contributed by atoms with Gasteiger partial charge in [-0.25, -0.2) is 0 Å². The molecule has 1 aromatic rings. The van der Waals surface area contributed by atoms with Crippen LogP contribution in [0.3, 0.4) is 0 Å². The maximum Gasteiger partial charge on any atom is 0.0941 e. The molecule has 2 rings (SSSR count). The number of nitrogens with zero attached hydrogens (tertiary/aromatic N) is 2. The number of anilines is 1. The van der Waals surface area contributed by atoms with E-state index in [4.69, 9.17) is 0 Å². The van der Waals surface area contributed by atoms with Gasteiger partial charge in [-0.05, 0) is 24.5 Å². The van der Waals surface area contributed by atoms with Gasteiger partial charge in [-0.3, -0.25) is 0 Å². The fourth-order valence-corrected chi connectivity index (χ4v) is 4.01. The molecule has 0 atom stereocenters. The number of unbranched alkanes of at least 4 members (excludes halogenated alkanes) is 11. The molecule has 0 fully saturated rings. The zero-order chi connectivity index (χ0) is 19.2. The van der Waals surface area contributed by atoms with Crippen LogP contribution in [0.4, 0.5) is 5.69 Å². The Morgan fingerprint density at radius 3 is 1.93 bits per heavy atom. The first-order valence-electron chi connectivity index (χ1n) is 11.6. The minimum atomic E-state index is 1.01. The quantitative estimate of drug-likeness (QED) is 0.295. The first-order valence-corrected chi connectivity index (χ1v) is 11.6. The molecule has 1 heterocycles. The lowest BCUT2D eigenvalue weighted by Crippen LogP contribution is -2.26. The average Bonchev–Trinajstić information content (AvgIpc) is 3.17. The Morgan fingerprint density at radius 2 is 1.30 bits per heavy atom. The molecular formula is C25H42N2. The Balaban J connectivity index is 1.46. The fraction of sp³-hybridized carbons (Fsp3) is 0.680. The van der Waals surface area contributed by atoms with Crippen LogP contribution in [0.25, 0.3) is 0 Å². The van der Waals surface area contributed by atoms with E-state index in [1.807, 2.05) is 0 Å². The Morgan fingerprint density at radius 1 is 0.704 bits per heavy atom. The van der Waals surface area contributed by atoms with Gasteiger partial charge in [0.1, 0.15) is 0 Å². The lowest BCUT2D eigenvalue weighted by atomic mass is 10.1. The molecule has 2 nitrogen and oxygen atoms in total. The van der Waals surface area contributed by atoms with Crippen LogP contribution >= 0.6 is 0 Å². The van der Waals surface area contributed by atoms with Crippen LogP contribution in [-0.2, 0) is 6.42 Å². The van der Waals surface area contributed by atoms with Crippen molar-refractivity contribution in [1.29, 1.82) is 0 Å². The Bertz CT molecular complexity index is 523. The molecule has 0 N–H and O–H groups in total. The summed E-state index contributed by atoms with van der Waals surface area (Å²) in [4.78, 5) is 4.85. The molecular weight excluding hydrogens is 328 g/mol. The van der Waals surface area contributed by atoms with E-state index in [1.54, 1.807) is 0 Å². The summed E-state index contributed by atoms with van der Waals surface area (Å²) in [5.41, 5.74) is 2.81.